The van der Waals surface area contributed by atoms with Gasteiger partial charge in [0.25, 0.3) is 0 Å². The van der Waals surface area contributed by atoms with Crippen molar-refractivity contribution >= 4 is 22.6 Å². The van der Waals surface area contributed by atoms with E-state index in [1.165, 1.54) is 21.2 Å². The van der Waals surface area contributed by atoms with Crippen LogP contribution in [0.1, 0.15) is 31.7 Å². The zero-order valence-corrected chi connectivity index (χ0v) is 16.2. The Labute approximate surface area is 160 Å². The highest BCUT2D eigenvalue weighted by molar-refractivity contribution is 5.98. The normalized spacial score (nSPS) is 27.0. The van der Waals surface area contributed by atoms with Crippen LogP contribution >= 0.6 is 0 Å². The summed E-state index contributed by atoms with van der Waals surface area (Å²) in [5, 5.41) is 14.0. The van der Waals surface area contributed by atoms with Gasteiger partial charge in [0, 0.05) is 20.1 Å². The predicted molar refractivity (Wildman–Crippen MR) is 109 cm³/mol. The molecule has 5 heteroatoms. The van der Waals surface area contributed by atoms with Crippen molar-refractivity contribution in [1.29, 1.82) is 5.41 Å². The van der Waals surface area contributed by atoms with Crippen molar-refractivity contribution in [2.24, 2.45) is 5.92 Å². The van der Waals surface area contributed by atoms with Gasteiger partial charge in [0.15, 0.2) is 5.96 Å². The molecule has 2 aromatic carbocycles. The van der Waals surface area contributed by atoms with E-state index < -0.39 is 0 Å². The Morgan fingerprint density at radius 2 is 2.00 bits per heavy atom. The van der Waals surface area contributed by atoms with E-state index in [2.05, 4.69) is 59.6 Å². The van der Waals surface area contributed by atoms with Gasteiger partial charge in [0.1, 0.15) is 0 Å². The van der Waals surface area contributed by atoms with Crippen LogP contribution in [0.25, 0.3) is 10.8 Å². The number of likely N-dealkylation sites (tertiary alicyclic amines) is 1. The molecular formula is C22H28N4O. The lowest BCUT2D eigenvalue weighted by Gasteiger charge is -2.47. The first-order chi connectivity index (χ1) is 12.9. The lowest BCUT2D eigenvalue weighted by molar-refractivity contribution is -0.130. The predicted octanol–water partition coefficient (Wildman–Crippen LogP) is 3.20. The molecule has 5 nitrogen and oxygen atoms in total. The molecule has 2 atom stereocenters. The summed E-state index contributed by atoms with van der Waals surface area (Å²) >= 11 is 0. The lowest BCUT2D eigenvalue weighted by atomic mass is 9.76. The van der Waals surface area contributed by atoms with Crippen LogP contribution in [0.3, 0.4) is 0 Å². The number of carbonyl (C=O) groups is 1. The van der Waals surface area contributed by atoms with Crippen LogP contribution < -0.4 is 5.32 Å². The van der Waals surface area contributed by atoms with Crippen molar-refractivity contribution in [3.05, 3.63) is 48.0 Å². The van der Waals surface area contributed by atoms with Gasteiger partial charge in [-0.05, 0) is 54.6 Å². The van der Waals surface area contributed by atoms with E-state index in [-0.39, 0.29) is 17.4 Å². The molecule has 4 rings (SSSR count). The highest BCUT2D eigenvalue weighted by Crippen LogP contribution is 2.33. The van der Waals surface area contributed by atoms with Crippen LogP contribution in [0.4, 0.5) is 0 Å². The number of nitrogens with zero attached hydrogens (tertiary/aromatic N) is 2. The van der Waals surface area contributed by atoms with Crippen LogP contribution in [-0.4, -0.2) is 47.3 Å². The Hall–Kier alpha value is -2.40. The van der Waals surface area contributed by atoms with E-state index in [1.54, 1.807) is 7.05 Å². The zero-order chi connectivity index (χ0) is 19.0. The maximum Gasteiger partial charge on any atom is 0.231 e. The number of nitrogens with one attached hydrogen (secondary N) is 2. The van der Waals surface area contributed by atoms with Gasteiger partial charge in [0.05, 0.1) is 12.0 Å². The van der Waals surface area contributed by atoms with E-state index >= 15 is 0 Å². The third-order valence-electron chi connectivity index (χ3n) is 6.26. The quantitative estimate of drug-likeness (QED) is 0.879. The number of amides is 1. The number of fused-ring (bicyclic) bond motifs is 1. The fourth-order valence-electron chi connectivity index (χ4n) is 4.52. The average molecular weight is 364 g/mol. The minimum absolute atomic E-state index is 0.0351. The summed E-state index contributed by atoms with van der Waals surface area (Å²) in [6.45, 7) is 5.09. The molecule has 27 heavy (non-hydrogen) atoms. The van der Waals surface area contributed by atoms with Crippen LogP contribution in [0, 0.1) is 11.3 Å². The molecule has 1 amide bonds. The maximum absolute atomic E-state index is 12.3. The molecule has 0 aliphatic carbocycles. The molecule has 0 bridgehead atoms. The molecule has 2 aliphatic rings. The third-order valence-corrected chi connectivity index (χ3v) is 6.26. The molecule has 2 aliphatic heterocycles. The molecule has 0 saturated carbocycles. The van der Waals surface area contributed by atoms with Crippen LogP contribution in [-0.2, 0) is 11.3 Å². The smallest absolute Gasteiger partial charge is 0.231 e. The summed E-state index contributed by atoms with van der Waals surface area (Å²) in [5.74, 6) is 0.623. The topological polar surface area (TPSA) is 59.4 Å². The first kappa shape index (κ1) is 18.0. The standard InChI is InChI=1S/C22H28N4O/c1-22(13-20(27)25(2)21(23)24-22)19-8-5-11-26(15-19)14-16-9-10-17-6-3-4-7-18(17)12-16/h3-4,6-7,9-10,12,19H,5,8,11,13-15H2,1-2H3,(H2,23,24)/t19?,22-/m0/s1. The molecule has 2 saturated heterocycles. The maximum atomic E-state index is 12.3. The third kappa shape index (κ3) is 3.56. The van der Waals surface area contributed by atoms with E-state index in [0.717, 1.165) is 32.5 Å². The minimum atomic E-state index is -0.331. The molecule has 0 radical (unpaired) electrons. The van der Waals surface area contributed by atoms with Gasteiger partial charge in [-0.2, -0.15) is 0 Å². The monoisotopic (exact) mass is 364 g/mol. The summed E-state index contributed by atoms with van der Waals surface area (Å²) in [6.07, 6.45) is 2.69. The van der Waals surface area contributed by atoms with Crippen molar-refractivity contribution in [1.82, 2.24) is 15.1 Å². The minimum Gasteiger partial charge on any atom is -0.350 e. The number of guanidine groups is 1. The molecule has 1 unspecified atom stereocenters. The van der Waals surface area contributed by atoms with Gasteiger partial charge in [-0.1, -0.05) is 36.4 Å². The van der Waals surface area contributed by atoms with Crippen molar-refractivity contribution in [2.45, 2.75) is 38.3 Å². The second kappa shape index (κ2) is 6.97. The Morgan fingerprint density at radius 1 is 1.22 bits per heavy atom. The fourth-order valence-corrected chi connectivity index (χ4v) is 4.52. The summed E-state index contributed by atoms with van der Waals surface area (Å²) in [5.41, 5.74) is 1.00. The van der Waals surface area contributed by atoms with Crippen LogP contribution in [0.5, 0.6) is 0 Å². The van der Waals surface area contributed by atoms with E-state index in [0.29, 0.717) is 12.3 Å². The van der Waals surface area contributed by atoms with Gasteiger partial charge in [0.2, 0.25) is 5.91 Å². The molecule has 2 heterocycles. The summed E-state index contributed by atoms with van der Waals surface area (Å²) in [4.78, 5) is 16.2. The van der Waals surface area contributed by atoms with E-state index in [4.69, 9.17) is 5.41 Å². The number of hydrogen-bond acceptors (Lipinski definition) is 3. The van der Waals surface area contributed by atoms with Crippen molar-refractivity contribution in [2.75, 3.05) is 20.1 Å². The fraction of sp³-hybridized carbons (Fsp3) is 0.455. The van der Waals surface area contributed by atoms with Crippen LogP contribution in [0.2, 0.25) is 0 Å². The molecule has 0 aromatic heterocycles. The van der Waals surface area contributed by atoms with Gasteiger partial charge in [-0.25, -0.2) is 0 Å². The number of rotatable bonds is 3. The molecular weight excluding hydrogens is 336 g/mol. The number of benzene rings is 2. The highest BCUT2D eigenvalue weighted by Gasteiger charge is 2.43. The van der Waals surface area contributed by atoms with Crippen molar-refractivity contribution in [3.63, 3.8) is 0 Å². The van der Waals surface area contributed by atoms with Gasteiger partial charge in [-0.15, -0.1) is 0 Å². The molecule has 0 spiro atoms. The Bertz CT molecular complexity index is 859. The van der Waals surface area contributed by atoms with E-state index in [1.807, 2.05) is 0 Å². The molecule has 2 N–H and O–H groups in total. The highest BCUT2D eigenvalue weighted by atomic mass is 16.2. The summed E-state index contributed by atoms with van der Waals surface area (Å²) in [7, 11) is 1.67. The Balaban J connectivity index is 1.47. The van der Waals surface area contributed by atoms with Gasteiger partial charge >= 0.3 is 0 Å². The number of hydrogen-bond donors (Lipinski definition) is 2. The van der Waals surface area contributed by atoms with Crippen molar-refractivity contribution in [3.8, 4) is 0 Å². The number of carbonyl (C=O) groups excluding carboxylic acids is 1. The van der Waals surface area contributed by atoms with Crippen LogP contribution in [0.15, 0.2) is 42.5 Å². The summed E-state index contributed by atoms with van der Waals surface area (Å²) in [6, 6.07) is 15.2. The molecule has 2 fully saturated rings. The van der Waals surface area contributed by atoms with Crippen molar-refractivity contribution < 1.29 is 4.79 Å². The average Bonchev–Trinajstić information content (AvgIpc) is 2.66. The summed E-state index contributed by atoms with van der Waals surface area (Å²) < 4.78 is 0. The van der Waals surface area contributed by atoms with E-state index in [9.17, 15) is 4.79 Å². The molecule has 2 aromatic rings. The number of piperidine rings is 1. The zero-order valence-electron chi connectivity index (χ0n) is 16.2. The molecule has 142 valence electrons. The first-order valence-corrected chi connectivity index (χ1v) is 9.78. The van der Waals surface area contributed by atoms with Gasteiger partial charge < -0.3 is 5.32 Å². The second-order valence-electron chi connectivity index (χ2n) is 8.28. The Kier molecular flexibility index (Phi) is 4.64. The second-order valence-corrected chi connectivity index (χ2v) is 8.28. The van der Waals surface area contributed by atoms with Gasteiger partial charge in [-0.3, -0.25) is 20.0 Å². The lowest BCUT2D eigenvalue weighted by Crippen LogP contribution is -2.64. The first-order valence-electron chi connectivity index (χ1n) is 9.78. The Morgan fingerprint density at radius 3 is 2.78 bits per heavy atom. The largest absolute Gasteiger partial charge is 0.350 e. The SMILES string of the molecule is CN1C(=N)N[C@](C)(C2CCCN(Cc3ccc4ccccc4c3)C2)CC1=O.